The molecule has 2 rings (SSSR count). The minimum atomic E-state index is -0.321. The van der Waals surface area contributed by atoms with Crippen LogP contribution in [0.25, 0.3) is 0 Å². The lowest BCUT2D eigenvalue weighted by Crippen LogP contribution is -2.16. The van der Waals surface area contributed by atoms with Crippen LogP contribution in [0.2, 0.25) is 0 Å². The summed E-state index contributed by atoms with van der Waals surface area (Å²) in [7, 11) is 0. The van der Waals surface area contributed by atoms with Crippen molar-refractivity contribution in [3.05, 3.63) is 59.8 Å². The van der Waals surface area contributed by atoms with E-state index in [1.165, 1.54) is 0 Å². The molecule has 1 unspecified atom stereocenters. The molecular formula is C14H15N3O. The van der Waals surface area contributed by atoms with Crippen molar-refractivity contribution in [3.8, 4) is 0 Å². The molecule has 1 atom stereocenters. The quantitative estimate of drug-likeness (QED) is 0.801. The van der Waals surface area contributed by atoms with Gasteiger partial charge in [-0.2, -0.15) is 0 Å². The molecule has 0 aliphatic rings. The van der Waals surface area contributed by atoms with Crippen molar-refractivity contribution < 1.29 is 4.79 Å². The third kappa shape index (κ3) is 2.73. The van der Waals surface area contributed by atoms with Crippen molar-refractivity contribution in [1.29, 1.82) is 0 Å². The first-order valence-corrected chi connectivity index (χ1v) is 5.72. The Bertz CT molecular complexity index is 540. The summed E-state index contributed by atoms with van der Waals surface area (Å²) in [6.45, 7) is 0. The molecule has 1 heterocycles. The summed E-state index contributed by atoms with van der Waals surface area (Å²) in [5, 5.41) is 0. The molecule has 92 valence electrons. The van der Waals surface area contributed by atoms with Crippen LogP contribution >= 0.6 is 0 Å². The first-order chi connectivity index (χ1) is 8.68. The van der Waals surface area contributed by atoms with Gasteiger partial charge < -0.3 is 11.5 Å². The van der Waals surface area contributed by atoms with Crippen molar-refractivity contribution in [2.24, 2.45) is 5.73 Å². The molecule has 4 nitrogen and oxygen atoms in total. The van der Waals surface area contributed by atoms with Gasteiger partial charge in [-0.1, -0.05) is 30.3 Å². The zero-order valence-electron chi connectivity index (χ0n) is 9.91. The third-order valence-electron chi connectivity index (χ3n) is 2.77. The minimum absolute atomic E-state index is 0.0862. The van der Waals surface area contributed by atoms with Crippen LogP contribution in [0, 0.1) is 0 Å². The Morgan fingerprint density at radius 3 is 2.56 bits per heavy atom. The molecule has 4 heteroatoms. The highest BCUT2D eigenvalue weighted by Gasteiger charge is 2.15. The van der Waals surface area contributed by atoms with Crippen LogP contribution in [0.4, 0.5) is 5.82 Å². The van der Waals surface area contributed by atoms with E-state index in [4.69, 9.17) is 11.5 Å². The maximum atomic E-state index is 12.0. The van der Waals surface area contributed by atoms with Crippen molar-refractivity contribution in [3.63, 3.8) is 0 Å². The van der Waals surface area contributed by atoms with Crippen LogP contribution in [0.1, 0.15) is 28.4 Å². The van der Waals surface area contributed by atoms with Gasteiger partial charge in [-0.05, 0) is 17.7 Å². The Kier molecular flexibility index (Phi) is 3.69. The number of carbonyl (C=O) groups excluding carboxylic acids is 1. The molecule has 0 radical (unpaired) electrons. The first kappa shape index (κ1) is 12.3. The number of carbonyl (C=O) groups is 1. The lowest BCUT2D eigenvalue weighted by molar-refractivity contribution is 0.0975. The molecule has 0 saturated heterocycles. The fourth-order valence-corrected chi connectivity index (χ4v) is 1.78. The predicted molar refractivity (Wildman–Crippen MR) is 71.0 cm³/mol. The topological polar surface area (TPSA) is 82.0 Å². The standard InChI is InChI=1S/C14H15N3O/c15-12(10-5-2-1-3-6-10)9-13(18)11-7-4-8-17-14(11)16/h1-8,12H,9,15H2,(H2,16,17). The van der Waals surface area contributed by atoms with E-state index in [0.29, 0.717) is 5.56 Å². The summed E-state index contributed by atoms with van der Waals surface area (Å²) in [5.41, 5.74) is 13.0. The fraction of sp³-hybridized carbons (Fsp3) is 0.143. The van der Waals surface area contributed by atoms with Gasteiger partial charge >= 0.3 is 0 Å². The van der Waals surface area contributed by atoms with Crippen LogP contribution in [0.5, 0.6) is 0 Å². The van der Waals surface area contributed by atoms with Gasteiger partial charge in [-0.3, -0.25) is 4.79 Å². The fourth-order valence-electron chi connectivity index (χ4n) is 1.78. The smallest absolute Gasteiger partial charge is 0.168 e. The molecule has 0 spiro atoms. The number of nitrogen functional groups attached to an aromatic ring is 1. The Hall–Kier alpha value is -2.20. The molecule has 1 aromatic carbocycles. The molecule has 0 amide bonds. The number of nitrogens with zero attached hydrogens (tertiary/aromatic N) is 1. The van der Waals surface area contributed by atoms with Crippen LogP contribution < -0.4 is 11.5 Å². The lowest BCUT2D eigenvalue weighted by Gasteiger charge is -2.11. The number of pyridine rings is 1. The zero-order chi connectivity index (χ0) is 13.0. The average Bonchev–Trinajstić information content (AvgIpc) is 2.40. The third-order valence-corrected chi connectivity index (χ3v) is 2.77. The monoisotopic (exact) mass is 241 g/mol. The van der Waals surface area contributed by atoms with E-state index in [9.17, 15) is 4.79 Å². The van der Waals surface area contributed by atoms with Gasteiger partial charge in [0.25, 0.3) is 0 Å². The Morgan fingerprint density at radius 1 is 1.17 bits per heavy atom. The van der Waals surface area contributed by atoms with E-state index in [0.717, 1.165) is 5.56 Å². The lowest BCUT2D eigenvalue weighted by atomic mass is 9.99. The van der Waals surface area contributed by atoms with E-state index in [1.807, 2.05) is 30.3 Å². The van der Waals surface area contributed by atoms with Crippen molar-refractivity contribution in [2.45, 2.75) is 12.5 Å². The van der Waals surface area contributed by atoms with Crippen molar-refractivity contribution in [1.82, 2.24) is 4.98 Å². The van der Waals surface area contributed by atoms with Crippen LogP contribution in [0.15, 0.2) is 48.7 Å². The number of rotatable bonds is 4. The van der Waals surface area contributed by atoms with E-state index >= 15 is 0 Å². The van der Waals surface area contributed by atoms with Crippen LogP contribution in [-0.4, -0.2) is 10.8 Å². The predicted octanol–water partition coefficient (Wildman–Crippen LogP) is 1.94. The number of nitrogens with two attached hydrogens (primary N) is 2. The number of aromatic nitrogens is 1. The summed E-state index contributed by atoms with van der Waals surface area (Å²) < 4.78 is 0. The number of hydrogen-bond acceptors (Lipinski definition) is 4. The number of hydrogen-bond donors (Lipinski definition) is 2. The van der Waals surface area contributed by atoms with Gasteiger partial charge in [0.05, 0.1) is 5.56 Å². The van der Waals surface area contributed by atoms with Gasteiger partial charge in [-0.25, -0.2) is 4.98 Å². The molecule has 4 N–H and O–H groups in total. The Morgan fingerprint density at radius 2 is 1.89 bits per heavy atom. The largest absolute Gasteiger partial charge is 0.383 e. The molecule has 18 heavy (non-hydrogen) atoms. The summed E-state index contributed by atoms with van der Waals surface area (Å²) in [4.78, 5) is 15.9. The number of ketones is 1. The van der Waals surface area contributed by atoms with E-state index in [2.05, 4.69) is 4.98 Å². The van der Waals surface area contributed by atoms with E-state index in [-0.39, 0.29) is 24.1 Å². The molecule has 0 fully saturated rings. The van der Waals surface area contributed by atoms with Gasteiger partial charge in [0.2, 0.25) is 0 Å². The highest BCUT2D eigenvalue weighted by Crippen LogP contribution is 2.18. The molecule has 0 bridgehead atoms. The second-order valence-electron chi connectivity index (χ2n) is 4.08. The van der Waals surface area contributed by atoms with E-state index < -0.39 is 0 Å². The Balaban J connectivity index is 2.11. The second-order valence-corrected chi connectivity index (χ2v) is 4.08. The maximum Gasteiger partial charge on any atom is 0.168 e. The highest BCUT2D eigenvalue weighted by atomic mass is 16.1. The normalized spacial score (nSPS) is 12.1. The number of Topliss-reactive ketones (excluding diaryl/α,β-unsaturated/α-hetero) is 1. The van der Waals surface area contributed by atoms with E-state index in [1.54, 1.807) is 18.3 Å². The van der Waals surface area contributed by atoms with Crippen molar-refractivity contribution >= 4 is 11.6 Å². The average molecular weight is 241 g/mol. The van der Waals surface area contributed by atoms with Crippen LogP contribution in [0.3, 0.4) is 0 Å². The van der Waals surface area contributed by atoms with Gasteiger partial charge in [0, 0.05) is 18.7 Å². The summed E-state index contributed by atoms with van der Waals surface area (Å²) in [6, 6.07) is 12.6. The molecule has 2 aromatic rings. The minimum Gasteiger partial charge on any atom is -0.383 e. The molecule has 0 saturated carbocycles. The van der Waals surface area contributed by atoms with Crippen molar-refractivity contribution in [2.75, 3.05) is 5.73 Å². The van der Waals surface area contributed by atoms with Gasteiger partial charge in [-0.15, -0.1) is 0 Å². The molecule has 0 aliphatic carbocycles. The summed E-state index contributed by atoms with van der Waals surface area (Å²) in [5.74, 6) is 0.166. The molecule has 0 aliphatic heterocycles. The van der Waals surface area contributed by atoms with Gasteiger partial charge in [0.1, 0.15) is 5.82 Å². The summed E-state index contributed by atoms with van der Waals surface area (Å²) in [6.07, 6.45) is 1.78. The first-order valence-electron chi connectivity index (χ1n) is 5.72. The summed E-state index contributed by atoms with van der Waals surface area (Å²) >= 11 is 0. The number of benzene rings is 1. The molecular weight excluding hydrogens is 226 g/mol. The number of anilines is 1. The molecule has 1 aromatic heterocycles. The SMILES string of the molecule is Nc1ncccc1C(=O)CC(N)c1ccccc1. The highest BCUT2D eigenvalue weighted by molar-refractivity contribution is 6.00. The zero-order valence-corrected chi connectivity index (χ0v) is 9.91. The second kappa shape index (κ2) is 5.42. The van der Waals surface area contributed by atoms with Crippen LogP contribution in [-0.2, 0) is 0 Å². The van der Waals surface area contributed by atoms with Gasteiger partial charge in [0.15, 0.2) is 5.78 Å². The maximum absolute atomic E-state index is 12.0. The Labute approximate surface area is 106 Å².